The fourth-order valence-electron chi connectivity index (χ4n) is 4.82. The molecule has 8 nitrogen and oxygen atoms in total. The lowest BCUT2D eigenvalue weighted by Gasteiger charge is -2.39. The first-order valence-electron chi connectivity index (χ1n) is 10.4. The van der Waals surface area contributed by atoms with Crippen LogP contribution in [0.1, 0.15) is 30.7 Å². The van der Waals surface area contributed by atoms with Gasteiger partial charge in [-0.05, 0) is 32.3 Å². The minimum Gasteiger partial charge on any atom is -0.481 e. The summed E-state index contributed by atoms with van der Waals surface area (Å²) in [6.45, 7) is 4.67. The largest absolute Gasteiger partial charge is 0.481 e. The van der Waals surface area contributed by atoms with Crippen molar-refractivity contribution in [2.24, 2.45) is 5.41 Å². The number of nitrogens with zero attached hydrogens (tertiary/aromatic N) is 5. The molecule has 2 saturated heterocycles. The molecular formula is C22H26N6O2. The Bertz CT molecular complexity index is 1100. The number of fused-ring (bicyclic) bond motifs is 1. The minimum atomic E-state index is -0.370. The van der Waals surface area contributed by atoms with Crippen molar-refractivity contribution in [3.05, 3.63) is 41.7 Å². The number of likely N-dealkylation sites (tertiary alicyclic amines) is 1. The maximum atomic E-state index is 13.6. The number of benzene rings is 1. The molecule has 1 spiro atoms. The molecule has 0 radical (unpaired) electrons. The highest BCUT2D eigenvalue weighted by Crippen LogP contribution is 2.41. The number of para-hydroxylation sites is 1. The first-order chi connectivity index (χ1) is 14.6. The molecular weight excluding hydrogens is 380 g/mol. The zero-order chi connectivity index (χ0) is 20.7. The van der Waals surface area contributed by atoms with Gasteiger partial charge in [-0.15, -0.1) is 0 Å². The molecule has 1 unspecified atom stereocenters. The second-order valence-corrected chi connectivity index (χ2v) is 8.35. The van der Waals surface area contributed by atoms with Crippen LogP contribution in [0.4, 0.5) is 5.95 Å². The van der Waals surface area contributed by atoms with Gasteiger partial charge in [0.2, 0.25) is 17.7 Å². The predicted octanol–water partition coefficient (Wildman–Crippen LogP) is 2.69. The normalized spacial score (nSPS) is 21.7. The van der Waals surface area contributed by atoms with Gasteiger partial charge < -0.3 is 14.5 Å². The second-order valence-electron chi connectivity index (χ2n) is 8.35. The Morgan fingerprint density at radius 3 is 2.93 bits per heavy atom. The number of hydrogen-bond acceptors (Lipinski definition) is 6. The topological polar surface area (TPSA) is 87.2 Å². The SMILES string of the molecule is COc1cc(C)nc(N2CCC3(CCCN(Cc4n[nH]c5ccccc45)C3=O)C2)n1. The van der Waals surface area contributed by atoms with Gasteiger partial charge >= 0.3 is 0 Å². The van der Waals surface area contributed by atoms with E-state index >= 15 is 0 Å². The van der Waals surface area contributed by atoms with Gasteiger partial charge in [0.1, 0.15) is 0 Å². The van der Waals surface area contributed by atoms with Crippen LogP contribution in [0.5, 0.6) is 5.88 Å². The number of carbonyl (C=O) groups is 1. The Balaban J connectivity index is 1.36. The molecule has 1 atom stereocenters. The summed E-state index contributed by atoms with van der Waals surface area (Å²) in [5, 5.41) is 8.62. The smallest absolute Gasteiger partial charge is 0.231 e. The zero-order valence-corrected chi connectivity index (χ0v) is 17.4. The van der Waals surface area contributed by atoms with E-state index < -0.39 is 0 Å². The Morgan fingerprint density at radius 2 is 2.07 bits per heavy atom. The molecule has 3 aromatic rings. The molecule has 2 aromatic heterocycles. The van der Waals surface area contributed by atoms with Gasteiger partial charge in [0.05, 0.1) is 30.3 Å². The maximum Gasteiger partial charge on any atom is 0.231 e. The summed E-state index contributed by atoms with van der Waals surface area (Å²) >= 11 is 0. The van der Waals surface area contributed by atoms with Crippen LogP contribution in [0.2, 0.25) is 0 Å². The molecule has 0 aliphatic carbocycles. The van der Waals surface area contributed by atoms with E-state index in [0.29, 0.717) is 24.9 Å². The number of nitrogens with one attached hydrogen (secondary N) is 1. The van der Waals surface area contributed by atoms with Crippen molar-refractivity contribution >= 4 is 22.8 Å². The summed E-state index contributed by atoms with van der Waals surface area (Å²) in [5.41, 5.74) is 2.42. The van der Waals surface area contributed by atoms with Crippen LogP contribution in [-0.4, -0.2) is 57.7 Å². The van der Waals surface area contributed by atoms with E-state index in [-0.39, 0.29) is 11.3 Å². The predicted molar refractivity (Wildman–Crippen MR) is 113 cm³/mol. The summed E-state index contributed by atoms with van der Waals surface area (Å²) in [6.07, 6.45) is 2.73. The number of anilines is 1. The molecule has 2 fully saturated rings. The summed E-state index contributed by atoms with van der Waals surface area (Å²) in [6, 6.07) is 9.87. The zero-order valence-electron chi connectivity index (χ0n) is 17.4. The van der Waals surface area contributed by atoms with Crippen LogP contribution < -0.4 is 9.64 Å². The molecule has 4 heterocycles. The van der Waals surface area contributed by atoms with Crippen molar-refractivity contribution in [2.75, 3.05) is 31.6 Å². The van der Waals surface area contributed by atoms with Crippen molar-refractivity contribution in [1.82, 2.24) is 25.1 Å². The quantitative estimate of drug-likeness (QED) is 0.717. The third-order valence-corrected chi connectivity index (χ3v) is 6.38. The van der Waals surface area contributed by atoms with Crippen molar-refractivity contribution in [3.8, 4) is 5.88 Å². The van der Waals surface area contributed by atoms with Gasteiger partial charge in [0.15, 0.2) is 0 Å². The monoisotopic (exact) mass is 406 g/mol. The first-order valence-corrected chi connectivity index (χ1v) is 10.4. The number of carbonyl (C=O) groups excluding carboxylic acids is 1. The number of aromatic amines is 1. The number of amides is 1. The Labute approximate surface area is 175 Å². The molecule has 1 amide bonds. The number of ether oxygens (including phenoxy) is 1. The molecule has 2 aliphatic rings. The highest BCUT2D eigenvalue weighted by atomic mass is 16.5. The lowest BCUT2D eigenvalue weighted by atomic mass is 9.78. The van der Waals surface area contributed by atoms with Crippen molar-refractivity contribution < 1.29 is 9.53 Å². The van der Waals surface area contributed by atoms with Crippen LogP contribution in [0.3, 0.4) is 0 Å². The number of hydrogen-bond donors (Lipinski definition) is 1. The third-order valence-electron chi connectivity index (χ3n) is 6.38. The molecule has 5 rings (SSSR count). The number of piperidine rings is 1. The Morgan fingerprint density at radius 1 is 1.20 bits per heavy atom. The fourth-order valence-corrected chi connectivity index (χ4v) is 4.82. The molecule has 0 saturated carbocycles. The average molecular weight is 406 g/mol. The highest BCUT2D eigenvalue weighted by molar-refractivity contribution is 5.86. The molecule has 156 valence electrons. The van der Waals surface area contributed by atoms with E-state index in [1.807, 2.05) is 36.1 Å². The van der Waals surface area contributed by atoms with Gasteiger partial charge in [-0.25, -0.2) is 4.98 Å². The van der Waals surface area contributed by atoms with Gasteiger partial charge in [-0.1, -0.05) is 18.2 Å². The van der Waals surface area contributed by atoms with Gasteiger partial charge in [0, 0.05) is 36.8 Å². The van der Waals surface area contributed by atoms with E-state index in [1.54, 1.807) is 7.11 Å². The highest BCUT2D eigenvalue weighted by Gasteiger charge is 2.49. The lowest BCUT2D eigenvalue weighted by molar-refractivity contribution is -0.145. The minimum absolute atomic E-state index is 0.225. The number of aromatic nitrogens is 4. The van der Waals surface area contributed by atoms with E-state index in [9.17, 15) is 4.79 Å². The second kappa shape index (κ2) is 7.27. The number of H-pyrrole nitrogens is 1. The number of methoxy groups -OCH3 is 1. The molecule has 0 bridgehead atoms. The first kappa shape index (κ1) is 18.8. The summed E-state index contributed by atoms with van der Waals surface area (Å²) in [7, 11) is 1.61. The van der Waals surface area contributed by atoms with Gasteiger partial charge in [-0.2, -0.15) is 10.1 Å². The number of rotatable bonds is 4. The standard InChI is InChI=1S/C22H26N6O2/c1-15-12-19(30-2)24-21(23-15)28-11-9-22(14-28)8-5-10-27(20(22)29)13-18-16-6-3-4-7-17(16)25-26-18/h3-4,6-7,12H,5,8-11,13-14H2,1-2H3,(H,25,26). The van der Waals surface area contributed by atoms with Crippen LogP contribution in [-0.2, 0) is 11.3 Å². The lowest BCUT2D eigenvalue weighted by Crippen LogP contribution is -2.49. The molecule has 8 heteroatoms. The molecule has 2 aliphatic heterocycles. The molecule has 1 N–H and O–H groups in total. The fraction of sp³-hybridized carbons (Fsp3) is 0.455. The van der Waals surface area contributed by atoms with Gasteiger partial charge in [0.25, 0.3) is 0 Å². The average Bonchev–Trinajstić information content (AvgIpc) is 3.37. The van der Waals surface area contributed by atoms with E-state index in [0.717, 1.165) is 54.6 Å². The molecule has 30 heavy (non-hydrogen) atoms. The number of aryl methyl sites for hydroxylation is 1. The van der Waals surface area contributed by atoms with Gasteiger partial charge in [-0.3, -0.25) is 9.89 Å². The van der Waals surface area contributed by atoms with Crippen LogP contribution in [0.15, 0.2) is 30.3 Å². The summed E-state index contributed by atoms with van der Waals surface area (Å²) < 4.78 is 5.30. The van der Waals surface area contributed by atoms with E-state index in [1.165, 1.54) is 0 Å². The molecule has 1 aromatic carbocycles. The van der Waals surface area contributed by atoms with Crippen LogP contribution in [0.25, 0.3) is 10.9 Å². The van der Waals surface area contributed by atoms with E-state index in [2.05, 4.69) is 31.1 Å². The summed E-state index contributed by atoms with van der Waals surface area (Å²) in [4.78, 5) is 26.8. The van der Waals surface area contributed by atoms with Crippen LogP contribution >= 0.6 is 0 Å². The Kier molecular flexibility index (Phi) is 4.56. The van der Waals surface area contributed by atoms with Crippen LogP contribution in [0, 0.1) is 12.3 Å². The van der Waals surface area contributed by atoms with Crippen molar-refractivity contribution in [2.45, 2.75) is 32.7 Å². The third kappa shape index (κ3) is 3.16. The summed E-state index contributed by atoms with van der Waals surface area (Å²) in [5.74, 6) is 1.43. The maximum absolute atomic E-state index is 13.6. The van der Waals surface area contributed by atoms with Crippen molar-refractivity contribution in [3.63, 3.8) is 0 Å². The van der Waals surface area contributed by atoms with E-state index in [4.69, 9.17) is 4.74 Å². The van der Waals surface area contributed by atoms with Crippen molar-refractivity contribution in [1.29, 1.82) is 0 Å². The Hall–Kier alpha value is -3.16.